The Labute approximate surface area is 91.8 Å². The summed E-state index contributed by atoms with van der Waals surface area (Å²) in [4.78, 5) is 5.66. The molecule has 0 aliphatic carbocycles. The van der Waals surface area contributed by atoms with Gasteiger partial charge in [0, 0.05) is 42.1 Å². The largest absolute Gasteiger partial charge is 0.354 e. The molecule has 0 spiro atoms. The van der Waals surface area contributed by atoms with Crippen LogP contribution < -0.4 is 4.90 Å². The standard InChI is InChI=1S/C10H15FN2OS/c1-8(7-15(3)14)13(2)10-9(11)5-4-6-12-10/h4-6,8H,7H2,1-3H3/t8-,15+/m0/s1. The smallest absolute Gasteiger partial charge is 0.165 e. The molecule has 0 saturated heterocycles. The topological polar surface area (TPSA) is 33.2 Å². The Bertz CT molecular complexity index is 359. The monoisotopic (exact) mass is 230 g/mol. The van der Waals surface area contributed by atoms with Gasteiger partial charge in [0.2, 0.25) is 0 Å². The van der Waals surface area contributed by atoms with E-state index in [2.05, 4.69) is 4.98 Å². The van der Waals surface area contributed by atoms with Crippen LogP contribution in [0.1, 0.15) is 6.92 Å². The Morgan fingerprint density at radius 3 is 2.87 bits per heavy atom. The average Bonchev–Trinajstić information content (AvgIpc) is 2.16. The van der Waals surface area contributed by atoms with E-state index in [1.54, 1.807) is 30.5 Å². The van der Waals surface area contributed by atoms with Crippen LogP contribution in [0.4, 0.5) is 10.2 Å². The molecule has 0 N–H and O–H groups in total. The molecule has 0 unspecified atom stereocenters. The number of pyridine rings is 1. The summed E-state index contributed by atoms with van der Waals surface area (Å²) in [6, 6.07) is 2.92. The van der Waals surface area contributed by atoms with Crippen LogP contribution in [0.3, 0.4) is 0 Å². The first-order valence-corrected chi connectivity index (χ1v) is 6.38. The van der Waals surface area contributed by atoms with Gasteiger partial charge in [-0.2, -0.15) is 0 Å². The summed E-state index contributed by atoms with van der Waals surface area (Å²) >= 11 is 0. The molecule has 5 heteroatoms. The third kappa shape index (κ3) is 3.27. The number of hydrogen-bond acceptors (Lipinski definition) is 3. The van der Waals surface area contributed by atoms with Crippen LogP contribution in [-0.4, -0.2) is 34.3 Å². The van der Waals surface area contributed by atoms with Crippen molar-refractivity contribution >= 4 is 16.6 Å². The summed E-state index contributed by atoms with van der Waals surface area (Å²) in [6.45, 7) is 1.90. The van der Waals surface area contributed by atoms with Crippen molar-refractivity contribution in [3.63, 3.8) is 0 Å². The van der Waals surface area contributed by atoms with Crippen molar-refractivity contribution in [3.05, 3.63) is 24.1 Å². The van der Waals surface area contributed by atoms with E-state index < -0.39 is 10.8 Å². The van der Waals surface area contributed by atoms with Gasteiger partial charge in [0.1, 0.15) is 0 Å². The summed E-state index contributed by atoms with van der Waals surface area (Å²) < 4.78 is 24.4. The van der Waals surface area contributed by atoms with Crippen molar-refractivity contribution in [2.45, 2.75) is 13.0 Å². The first kappa shape index (κ1) is 12.1. The minimum Gasteiger partial charge on any atom is -0.354 e. The lowest BCUT2D eigenvalue weighted by atomic mass is 10.3. The van der Waals surface area contributed by atoms with Gasteiger partial charge in [0.25, 0.3) is 0 Å². The van der Waals surface area contributed by atoms with Crippen LogP contribution in [0.2, 0.25) is 0 Å². The van der Waals surface area contributed by atoms with Gasteiger partial charge >= 0.3 is 0 Å². The lowest BCUT2D eigenvalue weighted by Crippen LogP contribution is -2.34. The van der Waals surface area contributed by atoms with Crippen molar-refractivity contribution in [3.8, 4) is 0 Å². The fraction of sp³-hybridized carbons (Fsp3) is 0.500. The molecule has 84 valence electrons. The highest BCUT2D eigenvalue weighted by molar-refractivity contribution is 7.84. The molecule has 0 radical (unpaired) electrons. The molecule has 2 atom stereocenters. The highest BCUT2D eigenvalue weighted by atomic mass is 32.2. The molecule has 1 aromatic rings. The van der Waals surface area contributed by atoms with E-state index in [1.165, 1.54) is 6.07 Å². The second-order valence-electron chi connectivity index (χ2n) is 3.51. The summed E-state index contributed by atoms with van der Waals surface area (Å²) in [6.07, 6.45) is 3.18. The molecular weight excluding hydrogens is 215 g/mol. The van der Waals surface area contributed by atoms with Crippen LogP contribution in [0, 0.1) is 5.82 Å². The van der Waals surface area contributed by atoms with Crippen LogP contribution in [0.15, 0.2) is 18.3 Å². The summed E-state index contributed by atoms with van der Waals surface area (Å²) in [5, 5.41) is 0. The van der Waals surface area contributed by atoms with Crippen LogP contribution in [0.5, 0.6) is 0 Å². The highest BCUT2D eigenvalue weighted by Gasteiger charge is 2.15. The molecule has 15 heavy (non-hydrogen) atoms. The first-order chi connectivity index (χ1) is 7.02. The fourth-order valence-electron chi connectivity index (χ4n) is 1.30. The van der Waals surface area contributed by atoms with E-state index in [4.69, 9.17) is 0 Å². The molecule has 0 bridgehead atoms. The lowest BCUT2D eigenvalue weighted by molar-refractivity contribution is 0.604. The lowest BCUT2D eigenvalue weighted by Gasteiger charge is -2.25. The molecule has 0 aromatic carbocycles. The van der Waals surface area contributed by atoms with E-state index >= 15 is 0 Å². The predicted octanol–water partition coefficient (Wildman–Crippen LogP) is 1.42. The van der Waals surface area contributed by atoms with Gasteiger partial charge in [0.15, 0.2) is 11.6 Å². The van der Waals surface area contributed by atoms with E-state index in [0.29, 0.717) is 11.6 Å². The molecule has 0 aliphatic rings. The Morgan fingerprint density at radius 2 is 2.33 bits per heavy atom. The number of anilines is 1. The Morgan fingerprint density at radius 1 is 1.67 bits per heavy atom. The first-order valence-electron chi connectivity index (χ1n) is 4.65. The molecular formula is C10H15FN2OS. The van der Waals surface area contributed by atoms with E-state index in [9.17, 15) is 8.60 Å². The second-order valence-corrected chi connectivity index (χ2v) is 4.99. The Hall–Kier alpha value is -0.970. The molecule has 1 heterocycles. The van der Waals surface area contributed by atoms with Crippen molar-refractivity contribution < 1.29 is 8.60 Å². The number of halogens is 1. The molecule has 1 aromatic heterocycles. The Balaban J connectivity index is 2.80. The average molecular weight is 230 g/mol. The zero-order chi connectivity index (χ0) is 11.4. The van der Waals surface area contributed by atoms with E-state index in [0.717, 1.165) is 0 Å². The van der Waals surface area contributed by atoms with Gasteiger partial charge in [-0.25, -0.2) is 9.37 Å². The van der Waals surface area contributed by atoms with Crippen molar-refractivity contribution in [1.29, 1.82) is 0 Å². The highest BCUT2D eigenvalue weighted by Crippen LogP contribution is 2.15. The van der Waals surface area contributed by atoms with Gasteiger partial charge in [-0.3, -0.25) is 4.21 Å². The number of aromatic nitrogens is 1. The van der Waals surface area contributed by atoms with Crippen LogP contribution in [-0.2, 0) is 10.8 Å². The molecule has 0 fully saturated rings. The molecule has 1 rings (SSSR count). The zero-order valence-corrected chi connectivity index (χ0v) is 9.92. The third-order valence-corrected chi connectivity index (χ3v) is 3.16. The van der Waals surface area contributed by atoms with Crippen LogP contribution >= 0.6 is 0 Å². The van der Waals surface area contributed by atoms with Gasteiger partial charge in [-0.05, 0) is 19.1 Å². The SMILES string of the molecule is C[C@@H](C[S@@](C)=O)N(C)c1ncccc1F. The van der Waals surface area contributed by atoms with Gasteiger partial charge in [-0.1, -0.05) is 0 Å². The summed E-state index contributed by atoms with van der Waals surface area (Å²) in [5.74, 6) is 0.455. The maximum atomic E-state index is 13.4. The van der Waals surface area contributed by atoms with E-state index in [1.807, 2.05) is 6.92 Å². The molecule has 0 aliphatic heterocycles. The van der Waals surface area contributed by atoms with Gasteiger partial charge in [-0.15, -0.1) is 0 Å². The third-order valence-electron chi connectivity index (χ3n) is 2.21. The maximum absolute atomic E-state index is 13.4. The number of rotatable bonds is 4. The quantitative estimate of drug-likeness (QED) is 0.784. The fourth-order valence-corrected chi connectivity index (χ4v) is 2.20. The van der Waals surface area contributed by atoms with Crippen molar-refractivity contribution in [1.82, 2.24) is 4.98 Å². The molecule has 0 saturated carbocycles. The minimum atomic E-state index is -0.889. The van der Waals surface area contributed by atoms with E-state index in [-0.39, 0.29) is 11.9 Å². The maximum Gasteiger partial charge on any atom is 0.165 e. The zero-order valence-electron chi connectivity index (χ0n) is 9.11. The predicted molar refractivity (Wildman–Crippen MR) is 61.0 cm³/mol. The van der Waals surface area contributed by atoms with Crippen molar-refractivity contribution in [2.24, 2.45) is 0 Å². The van der Waals surface area contributed by atoms with Gasteiger partial charge in [0.05, 0.1) is 0 Å². The second kappa shape index (κ2) is 5.21. The number of nitrogens with zero attached hydrogens (tertiary/aromatic N) is 2. The summed E-state index contributed by atoms with van der Waals surface area (Å²) in [7, 11) is 0.864. The molecule has 3 nitrogen and oxygen atoms in total. The van der Waals surface area contributed by atoms with Crippen molar-refractivity contribution in [2.75, 3.05) is 24.0 Å². The number of hydrogen-bond donors (Lipinski definition) is 0. The summed E-state index contributed by atoms with van der Waals surface area (Å²) in [5.41, 5.74) is 0. The minimum absolute atomic E-state index is 0.000216. The van der Waals surface area contributed by atoms with Gasteiger partial charge < -0.3 is 4.90 Å². The van der Waals surface area contributed by atoms with Crippen LogP contribution in [0.25, 0.3) is 0 Å². The molecule has 0 amide bonds. The normalized spacial score (nSPS) is 14.7. The Kier molecular flexibility index (Phi) is 4.20.